The van der Waals surface area contributed by atoms with Crippen molar-refractivity contribution in [3.05, 3.63) is 35.4 Å². The topological polar surface area (TPSA) is 41.6 Å². The number of rotatable bonds is 6. The van der Waals surface area contributed by atoms with Crippen molar-refractivity contribution in [2.75, 3.05) is 33.9 Å². The van der Waals surface area contributed by atoms with E-state index in [-0.39, 0.29) is 23.7 Å². The van der Waals surface area contributed by atoms with E-state index in [9.17, 15) is 4.79 Å². The van der Waals surface area contributed by atoms with E-state index in [0.717, 1.165) is 32.4 Å². The molecule has 2 rings (SSSR count). The van der Waals surface area contributed by atoms with Gasteiger partial charge in [0.25, 0.3) is 0 Å². The van der Waals surface area contributed by atoms with Crippen LogP contribution in [-0.2, 0) is 22.5 Å². The van der Waals surface area contributed by atoms with Crippen molar-refractivity contribution in [2.45, 2.75) is 32.7 Å². The summed E-state index contributed by atoms with van der Waals surface area (Å²) in [5.74, 6) is 0.204. The molecule has 1 saturated heterocycles. The molecule has 1 aromatic rings. The number of ether oxygens (including phenoxy) is 1. The van der Waals surface area contributed by atoms with E-state index in [0.29, 0.717) is 13.2 Å². The second-order valence-corrected chi connectivity index (χ2v) is 6.29. The first kappa shape index (κ1) is 19.9. The molecule has 1 aliphatic heterocycles. The first-order valence-corrected chi connectivity index (χ1v) is 8.14. The first-order chi connectivity index (χ1) is 10.6. The molecule has 1 N–H and O–H groups in total. The largest absolute Gasteiger partial charge is 0.384 e. The van der Waals surface area contributed by atoms with Gasteiger partial charge in [0, 0.05) is 20.7 Å². The average Bonchev–Trinajstić information content (AvgIpc) is 2.56. The lowest BCUT2D eigenvalue weighted by atomic mass is 9.78. The van der Waals surface area contributed by atoms with Gasteiger partial charge in [-0.2, -0.15) is 0 Å². The minimum absolute atomic E-state index is 0. The van der Waals surface area contributed by atoms with E-state index in [1.165, 1.54) is 11.1 Å². The number of hydrogen-bond donors (Lipinski definition) is 1. The fourth-order valence-corrected chi connectivity index (χ4v) is 3.23. The minimum atomic E-state index is -0.363. The average molecular weight is 341 g/mol. The Kier molecular flexibility index (Phi) is 8.03. The summed E-state index contributed by atoms with van der Waals surface area (Å²) in [5, 5.41) is 3.33. The third-order valence-electron chi connectivity index (χ3n) is 4.63. The van der Waals surface area contributed by atoms with Gasteiger partial charge in [-0.25, -0.2) is 0 Å². The SMILES string of the molecule is CCc1ccc(CN(C)C(=O)C2(COC)CCNCC2)cc1.Cl. The molecule has 23 heavy (non-hydrogen) atoms. The fourth-order valence-electron chi connectivity index (χ4n) is 3.23. The molecule has 0 aliphatic carbocycles. The van der Waals surface area contributed by atoms with Crippen LogP contribution in [0.5, 0.6) is 0 Å². The molecule has 1 aliphatic rings. The van der Waals surface area contributed by atoms with E-state index < -0.39 is 0 Å². The number of methoxy groups -OCH3 is 1. The highest BCUT2D eigenvalue weighted by molar-refractivity contribution is 5.85. The summed E-state index contributed by atoms with van der Waals surface area (Å²) in [7, 11) is 3.58. The van der Waals surface area contributed by atoms with Gasteiger partial charge in [-0.05, 0) is 43.5 Å². The Morgan fingerprint density at radius 2 is 1.78 bits per heavy atom. The Bertz CT molecular complexity index is 479. The summed E-state index contributed by atoms with van der Waals surface area (Å²) in [5.41, 5.74) is 2.14. The molecule has 1 aromatic carbocycles. The van der Waals surface area contributed by atoms with E-state index in [2.05, 4.69) is 36.5 Å². The third-order valence-corrected chi connectivity index (χ3v) is 4.63. The fraction of sp³-hybridized carbons (Fsp3) is 0.611. The van der Waals surface area contributed by atoms with Crippen LogP contribution in [0.2, 0.25) is 0 Å². The summed E-state index contributed by atoms with van der Waals surface area (Å²) in [4.78, 5) is 14.8. The second kappa shape index (κ2) is 9.26. The van der Waals surface area contributed by atoms with Gasteiger partial charge in [0.2, 0.25) is 5.91 Å². The van der Waals surface area contributed by atoms with Gasteiger partial charge in [0.1, 0.15) is 0 Å². The molecular formula is C18H29ClN2O2. The molecule has 1 heterocycles. The lowest BCUT2D eigenvalue weighted by Gasteiger charge is -2.38. The minimum Gasteiger partial charge on any atom is -0.384 e. The Balaban J connectivity index is 0.00000264. The molecule has 0 bridgehead atoms. The number of aryl methyl sites for hydroxylation is 1. The van der Waals surface area contributed by atoms with E-state index >= 15 is 0 Å². The summed E-state index contributed by atoms with van der Waals surface area (Å²) < 4.78 is 5.36. The van der Waals surface area contributed by atoms with Crippen LogP contribution < -0.4 is 5.32 Å². The first-order valence-electron chi connectivity index (χ1n) is 8.14. The van der Waals surface area contributed by atoms with Gasteiger partial charge in [-0.3, -0.25) is 4.79 Å². The maximum absolute atomic E-state index is 13.0. The van der Waals surface area contributed by atoms with Crippen molar-refractivity contribution >= 4 is 18.3 Å². The Labute approximate surface area is 146 Å². The van der Waals surface area contributed by atoms with Crippen LogP contribution in [0.4, 0.5) is 0 Å². The molecule has 0 radical (unpaired) electrons. The summed E-state index contributed by atoms with van der Waals surface area (Å²) in [6, 6.07) is 8.52. The summed E-state index contributed by atoms with van der Waals surface area (Å²) in [6.45, 7) is 5.08. The number of piperidine rings is 1. The molecular weight excluding hydrogens is 312 g/mol. The highest BCUT2D eigenvalue weighted by atomic mass is 35.5. The normalized spacial score (nSPS) is 16.5. The number of nitrogens with zero attached hydrogens (tertiary/aromatic N) is 1. The Morgan fingerprint density at radius 1 is 1.22 bits per heavy atom. The van der Waals surface area contributed by atoms with Crippen LogP contribution in [0.3, 0.4) is 0 Å². The quantitative estimate of drug-likeness (QED) is 0.865. The monoisotopic (exact) mass is 340 g/mol. The van der Waals surface area contributed by atoms with Crippen LogP contribution >= 0.6 is 12.4 Å². The molecule has 0 unspecified atom stereocenters. The van der Waals surface area contributed by atoms with Crippen molar-refractivity contribution in [3.8, 4) is 0 Å². The van der Waals surface area contributed by atoms with Crippen LogP contribution in [0.15, 0.2) is 24.3 Å². The summed E-state index contributed by atoms with van der Waals surface area (Å²) in [6.07, 6.45) is 2.73. The van der Waals surface area contributed by atoms with E-state index in [1.54, 1.807) is 7.11 Å². The number of carbonyl (C=O) groups excluding carboxylic acids is 1. The molecule has 4 nitrogen and oxygen atoms in total. The van der Waals surface area contributed by atoms with Gasteiger partial charge in [-0.15, -0.1) is 12.4 Å². The Hall–Kier alpha value is -1.10. The molecule has 0 spiro atoms. The van der Waals surface area contributed by atoms with Crippen molar-refractivity contribution in [2.24, 2.45) is 5.41 Å². The predicted octanol–water partition coefficient (Wildman–Crippen LogP) is 2.65. The molecule has 0 saturated carbocycles. The van der Waals surface area contributed by atoms with Crippen LogP contribution in [-0.4, -0.2) is 44.7 Å². The van der Waals surface area contributed by atoms with Crippen molar-refractivity contribution in [1.29, 1.82) is 0 Å². The number of halogens is 1. The smallest absolute Gasteiger partial charge is 0.231 e. The molecule has 1 amide bonds. The predicted molar refractivity (Wildman–Crippen MR) is 96.0 cm³/mol. The third kappa shape index (κ3) is 4.93. The molecule has 1 fully saturated rings. The number of benzene rings is 1. The zero-order valence-electron chi connectivity index (χ0n) is 14.4. The maximum Gasteiger partial charge on any atom is 0.231 e. The highest BCUT2D eigenvalue weighted by Crippen LogP contribution is 2.31. The lowest BCUT2D eigenvalue weighted by Crippen LogP contribution is -2.50. The zero-order valence-corrected chi connectivity index (χ0v) is 15.2. The van der Waals surface area contributed by atoms with Gasteiger partial charge in [-0.1, -0.05) is 31.2 Å². The number of nitrogens with one attached hydrogen (secondary N) is 1. The van der Waals surface area contributed by atoms with Crippen LogP contribution in [0.25, 0.3) is 0 Å². The molecule has 5 heteroatoms. The van der Waals surface area contributed by atoms with Gasteiger partial charge < -0.3 is 15.0 Å². The lowest BCUT2D eigenvalue weighted by molar-refractivity contribution is -0.146. The van der Waals surface area contributed by atoms with E-state index in [4.69, 9.17) is 4.74 Å². The standard InChI is InChI=1S/C18H28N2O2.ClH/c1-4-15-5-7-16(8-6-15)13-20(2)17(21)18(14-22-3)9-11-19-12-10-18;/h5-8,19H,4,9-14H2,1-3H3;1H. The van der Waals surface area contributed by atoms with Crippen LogP contribution in [0.1, 0.15) is 30.9 Å². The highest BCUT2D eigenvalue weighted by Gasteiger charge is 2.41. The van der Waals surface area contributed by atoms with Crippen molar-refractivity contribution in [3.63, 3.8) is 0 Å². The zero-order chi connectivity index (χ0) is 16.0. The van der Waals surface area contributed by atoms with Crippen molar-refractivity contribution in [1.82, 2.24) is 10.2 Å². The van der Waals surface area contributed by atoms with Crippen molar-refractivity contribution < 1.29 is 9.53 Å². The molecule has 0 aromatic heterocycles. The van der Waals surface area contributed by atoms with Gasteiger partial charge in [0.05, 0.1) is 12.0 Å². The van der Waals surface area contributed by atoms with Crippen LogP contribution in [0, 0.1) is 5.41 Å². The number of amides is 1. The second-order valence-electron chi connectivity index (χ2n) is 6.29. The summed E-state index contributed by atoms with van der Waals surface area (Å²) >= 11 is 0. The number of hydrogen-bond acceptors (Lipinski definition) is 3. The van der Waals surface area contributed by atoms with E-state index in [1.807, 2.05) is 11.9 Å². The molecule has 0 atom stereocenters. The maximum atomic E-state index is 13.0. The van der Waals surface area contributed by atoms with Gasteiger partial charge >= 0.3 is 0 Å². The Morgan fingerprint density at radius 3 is 2.30 bits per heavy atom. The molecule has 130 valence electrons. The van der Waals surface area contributed by atoms with Gasteiger partial charge in [0.15, 0.2) is 0 Å². The number of carbonyl (C=O) groups is 1.